The van der Waals surface area contributed by atoms with E-state index in [-0.39, 0.29) is 0 Å². The number of piperidine rings is 1. The van der Waals surface area contributed by atoms with Crippen molar-refractivity contribution in [1.29, 1.82) is 0 Å². The van der Waals surface area contributed by atoms with Crippen LogP contribution in [0, 0.1) is 6.92 Å². The molecule has 3 heteroatoms. The number of hydrogen-bond donors (Lipinski definition) is 0. The van der Waals surface area contributed by atoms with E-state index in [1.165, 1.54) is 18.4 Å². The molecular weight excluding hydrogens is 260 g/mol. The largest absolute Gasteiger partial charge is 0.440 e. The SMILES string of the molecule is CC[C@H]1C[C@@H](c2nc3cc(C)ccc3o2)CCN1C(C)C. The van der Waals surface area contributed by atoms with Crippen molar-refractivity contribution in [1.82, 2.24) is 9.88 Å². The average Bonchev–Trinajstić information content (AvgIpc) is 2.89. The number of aromatic nitrogens is 1. The lowest BCUT2D eigenvalue weighted by molar-refractivity contribution is 0.0919. The molecule has 0 spiro atoms. The van der Waals surface area contributed by atoms with Gasteiger partial charge in [0.25, 0.3) is 0 Å². The first-order valence-electron chi connectivity index (χ1n) is 8.21. The Bertz CT molecular complexity index is 617. The number of fused-ring (bicyclic) bond motifs is 1. The van der Waals surface area contributed by atoms with Crippen molar-refractivity contribution >= 4 is 11.1 Å². The van der Waals surface area contributed by atoms with E-state index in [9.17, 15) is 0 Å². The van der Waals surface area contributed by atoms with Crippen LogP contribution >= 0.6 is 0 Å². The van der Waals surface area contributed by atoms with Gasteiger partial charge in [-0.15, -0.1) is 0 Å². The summed E-state index contributed by atoms with van der Waals surface area (Å²) in [6.45, 7) is 10.1. The summed E-state index contributed by atoms with van der Waals surface area (Å²) in [5, 5.41) is 0. The number of aryl methyl sites for hydroxylation is 1. The number of rotatable bonds is 3. The average molecular weight is 286 g/mol. The molecule has 0 amide bonds. The van der Waals surface area contributed by atoms with Crippen LogP contribution in [0.1, 0.15) is 57.4 Å². The first-order chi connectivity index (χ1) is 10.1. The Morgan fingerprint density at radius 1 is 1.38 bits per heavy atom. The Hall–Kier alpha value is -1.35. The molecule has 2 aromatic rings. The van der Waals surface area contributed by atoms with E-state index in [0.717, 1.165) is 30.0 Å². The second kappa shape index (κ2) is 5.80. The molecule has 1 aliphatic rings. The summed E-state index contributed by atoms with van der Waals surface area (Å²) in [5.74, 6) is 1.41. The second-order valence-electron chi connectivity index (χ2n) is 6.64. The Balaban J connectivity index is 1.83. The van der Waals surface area contributed by atoms with Crippen LogP contribution in [0.2, 0.25) is 0 Å². The summed E-state index contributed by atoms with van der Waals surface area (Å²) < 4.78 is 6.02. The lowest BCUT2D eigenvalue weighted by Crippen LogP contribution is -2.45. The van der Waals surface area contributed by atoms with E-state index < -0.39 is 0 Å². The van der Waals surface area contributed by atoms with Gasteiger partial charge in [-0.3, -0.25) is 4.90 Å². The molecule has 1 saturated heterocycles. The summed E-state index contributed by atoms with van der Waals surface area (Å²) in [6, 6.07) is 7.53. The first kappa shape index (κ1) is 14.6. The Kier molecular flexibility index (Phi) is 4.03. The predicted molar refractivity (Wildman–Crippen MR) is 86.6 cm³/mol. The summed E-state index contributed by atoms with van der Waals surface area (Å²) in [5.41, 5.74) is 3.17. The van der Waals surface area contributed by atoms with Gasteiger partial charge in [0.2, 0.25) is 0 Å². The molecular formula is C18H26N2O. The molecule has 1 aliphatic heterocycles. The molecule has 0 bridgehead atoms. The Morgan fingerprint density at radius 3 is 2.90 bits per heavy atom. The minimum atomic E-state index is 0.470. The van der Waals surface area contributed by atoms with E-state index in [2.05, 4.69) is 44.7 Å². The van der Waals surface area contributed by atoms with E-state index in [1.54, 1.807) is 0 Å². The third-order valence-electron chi connectivity index (χ3n) is 4.80. The van der Waals surface area contributed by atoms with Crippen molar-refractivity contribution < 1.29 is 4.42 Å². The highest BCUT2D eigenvalue weighted by molar-refractivity contribution is 5.73. The number of oxazole rings is 1. The van der Waals surface area contributed by atoms with Crippen molar-refractivity contribution in [3.63, 3.8) is 0 Å². The monoisotopic (exact) mass is 286 g/mol. The fourth-order valence-corrected chi connectivity index (χ4v) is 3.60. The van der Waals surface area contributed by atoms with Crippen LogP contribution in [-0.2, 0) is 0 Å². The van der Waals surface area contributed by atoms with Gasteiger partial charge in [-0.05, 0) is 64.3 Å². The van der Waals surface area contributed by atoms with Gasteiger partial charge in [-0.25, -0.2) is 4.98 Å². The molecule has 1 fully saturated rings. The fraction of sp³-hybridized carbons (Fsp3) is 0.611. The van der Waals surface area contributed by atoms with E-state index in [0.29, 0.717) is 18.0 Å². The molecule has 21 heavy (non-hydrogen) atoms. The normalized spacial score (nSPS) is 24.0. The van der Waals surface area contributed by atoms with Crippen LogP contribution < -0.4 is 0 Å². The minimum absolute atomic E-state index is 0.470. The van der Waals surface area contributed by atoms with Crippen LogP contribution in [-0.4, -0.2) is 28.5 Å². The van der Waals surface area contributed by atoms with Gasteiger partial charge >= 0.3 is 0 Å². The summed E-state index contributed by atoms with van der Waals surface area (Å²) in [7, 11) is 0. The van der Waals surface area contributed by atoms with E-state index in [4.69, 9.17) is 9.40 Å². The quantitative estimate of drug-likeness (QED) is 0.831. The molecule has 0 N–H and O–H groups in total. The van der Waals surface area contributed by atoms with Crippen LogP contribution in [0.25, 0.3) is 11.1 Å². The predicted octanol–water partition coefficient (Wildman–Crippen LogP) is 4.50. The Morgan fingerprint density at radius 2 is 2.19 bits per heavy atom. The first-order valence-corrected chi connectivity index (χ1v) is 8.21. The van der Waals surface area contributed by atoms with Crippen molar-refractivity contribution in [3.05, 3.63) is 29.7 Å². The molecule has 2 heterocycles. The van der Waals surface area contributed by atoms with Gasteiger partial charge in [-0.2, -0.15) is 0 Å². The molecule has 3 rings (SSSR count). The van der Waals surface area contributed by atoms with Gasteiger partial charge in [0.05, 0.1) is 0 Å². The third kappa shape index (κ3) is 2.84. The minimum Gasteiger partial charge on any atom is -0.440 e. The third-order valence-corrected chi connectivity index (χ3v) is 4.80. The summed E-state index contributed by atoms with van der Waals surface area (Å²) in [4.78, 5) is 7.38. The van der Waals surface area contributed by atoms with E-state index in [1.807, 2.05) is 6.07 Å². The van der Waals surface area contributed by atoms with E-state index >= 15 is 0 Å². The summed E-state index contributed by atoms with van der Waals surface area (Å²) >= 11 is 0. The number of nitrogens with zero attached hydrogens (tertiary/aromatic N) is 2. The summed E-state index contributed by atoms with van der Waals surface area (Å²) in [6.07, 6.45) is 3.52. The van der Waals surface area contributed by atoms with Crippen molar-refractivity contribution in [2.75, 3.05) is 6.54 Å². The topological polar surface area (TPSA) is 29.3 Å². The van der Waals surface area contributed by atoms with Crippen LogP contribution in [0.15, 0.2) is 22.6 Å². The lowest BCUT2D eigenvalue weighted by atomic mass is 9.88. The molecule has 0 radical (unpaired) electrons. The maximum atomic E-state index is 6.02. The molecule has 1 aromatic heterocycles. The maximum Gasteiger partial charge on any atom is 0.198 e. The lowest BCUT2D eigenvalue weighted by Gasteiger charge is -2.40. The highest BCUT2D eigenvalue weighted by Crippen LogP contribution is 2.34. The van der Waals surface area contributed by atoms with Gasteiger partial charge in [0.1, 0.15) is 5.52 Å². The highest BCUT2D eigenvalue weighted by Gasteiger charge is 2.31. The molecule has 3 nitrogen and oxygen atoms in total. The van der Waals surface area contributed by atoms with Crippen molar-refractivity contribution in [3.8, 4) is 0 Å². The van der Waals surface area contributed by atoms with Crippen molar-refractivity contribution in [2.24, 2.45) is 0 Å². The Labute approximate surface area is 127 Å². The molecule has 2 atom stereocenters. The molecule has 0 saturated carbocycles. The van der Waals surface area contributed by atoms with Crippen LogP contribution in [0.3, 0.4) is 0 Å². The number of likely N-dealkylation sites (tertiary alicyclic amines) is 1. The van der Waals surface area contributed by atoms with Crippen molar-refractivity contribution in [2.45, 2.75) is 65.0 Å². The van der Waals surface area contributed by atoms with Gasteiger partial charge < -0.3 is 4.42 Å². The second-order valence-corrected chi connectivity index (χ2v) is 6.64. The highest BCUT2D eigenvalue weighted by atomic mass is 16.3. The molecule has 0 unspecified atom stereocenters. The fourth-order valence-electron chi connectivity index (χ4n) is 3.60. The smallest absolute Gasteiger partial charge is 0.198 e. The zero-order valence-corrected chi connectivity index (χ0v) is 13.6. The molecule has 114 valence electrons. The number of hydrogen-bond acceptors (Lipinski definition) is 3. The zero-order valence-electron chi connectivity index (χ0n) is 13.6. The van der Waals surface area contributed by atoms with Crippen LogP contribution in [0.5, 0.6) is 0 Å². The van der Waals surface area contributed by atoms with Gasteiger partial charge in [-0.1, -0.05) is 13.0 Å². The van der Waals surface area contributed by atoms with Gasteiger partial charge in [0, 0.05) is 18.0 Å². The maximum absolute atomic E-state index is 6.02. The standard InChI is InChI=1S/C18H26N2O/c1-5-15-11-14(8-9-20(15)12(2)3)18-19-16-10-13(4)6-7-17(16)21-18/h6-7,10,12,14-15H,5,8-9,11H2,1-4H3/t14-,15-/m0/s1. The zero-order chi connectivity index (χ0) is 15.0. The van der Waals surface area contributed by atoms with Crippen LogP contribution in [0.4, 0.5) is 0 Å². The number of benzene rings is 1. The van der Waals surface area contributed by atoms with Gasteiger partial charge in [0.15, 0.2) is 11.5 Å². The molecule has 1 aromatic carbocycles. The molecule has 0 aliphatic carbocycles.